The van der Waals surface area contributed by atoms with Gasteiger partial charge in [-0.05, 0) is 62.4 Å². The summed E-state index contributed by atoms with van der Waals surface area (Å²) in [6.07, 6.45) is 1.92. The minimum atomic E-state index is -0.617. The Balaban J connectivity index is 2.17. The Morgan fingerprint density at radius 1 is 1.00 bits per heavy atom. The Labute approximate surface area is 189 Å². The van der Waals surface area contributed by atoms with Gasteiger partial charge in [0.05, 0.1) is 0 Å². The number of carbonyl (C=O) groups excluding carboxylic acids is 2. The predicted octanol–water partition coefficient (Wildman–Crippen LogP) is 5.43. The number of hydrogen-bond donors (Lipinski definition) is 1. The molecule has 162 valence electrons. The van der Waals surface area contributed by atoms with E-state index in [1.165, 1.54) is 5.56 Å². The molecule has 2 rings (SSSR count). The lowest BCUT2D eigenvalue weighted by molar-refractivity contribution is -0.140. The lowest BCUT2D eigenvalue weighted by Gasteiger charge is -2.30. The lowest BCUT2D eigenvalue weighted by Crippen LogP contribution is -2.49. The van der Waals surface area contributed by atoms with Crippen molar-refractivity contribution in [1.82, 2.24) is 10.2 Å². The molecular formula is C24H30Cl2N2O2. The Hall–Kier alpha value is -2.04. The second kappa shape index (κ2) is 11.4. The minimum Gasteiger partial charge on any atom is -0.352 e. The third-order valence-electron chi connectivity index (χ3n) is 5.01. The van der Waals surface area contributed by atoms with E-state index in [9.17, 15) is 9.59 Å². The molecule has 1 N–H and O–H groups in total. The zero-order valence-electron chi connectivity index (χ0n) is 18.0. The van der Waals surface area contributed by atoms with Gasteiger partial charge < -0.3 is 10.2 Å². The van der Waals surface area contributed by atoms with Crippen molar-refractivity contribution in [2.45, 2.75) is 65.6 Å². The zero-order valence-corrected chi connectivity index (χ0v) is 19.6. The number of rotatable bonds is 9. The standard InChI is InChI=1S/C24H30Cl2N2O2/c1-5-18-6-8-19(9-7-18)10-13-23(29)28(17(4)24(30)27-16(2)3)15-20-11-12-21(25)14-22(20)26/h6-9,11-12,14,16-17H,5,10,13,15H2,1-4H3,(H,27,30)/t17-/m0/s1. The number of hydrogen-bond acceptors (Lipinski definition) is 2. The van der Waals surface area contributed by atoms with Gasteiger partial charge in [-0.3, -0.25) is 9.59 Å². The summed E-state index contributed by atoms with van der Waals surface area (Å²) in [6, 6.07) is 12.8. The summed E-state index contributed by atoms with van der Waals surface area (Å²) >= 11 is 12.3. The first-order chi connectivity index (χ1) is 14.2. The summed E-state index contributed by atoms with van der Waals surface area (Å²) in [6.45, 7) is 7.90. The van der Waals surface area contributed by atoms with E-state index in [4.69, 9.17) is 23.2 Å². The largest absolute Gasteiger partial charge is 0.352 e. The fourth-order valence-corrected chi connectivity index (χ4v) is 3.63. The number of aryl methyl sites for hydroxylation is 2. The maximum absolute atomic E-state index is 13.1. The molecule has 2 aromatic rings. The molecular weight excluding hydrogens is 419 g/mol. The molecule has 0 saturated carbocycles. The quantitative estimate of drug-likeness (QED) is 0.555. The molecule has 0 unspecified atom stereocenters. The van der Waals surface area contributed by atoms with Crippen LogP contribution in [0.1, 0.15) is 50.8 Å². The number of nitrogens with zero attached hydrogens (tertiary/aromatic N) is 1. The van der Waals surface area contributed by atoms with Crippen molar-refractivity contribution in [3.63, 3.8) is 0 Å². The van der Waals surface area contributed by atoms with Gasteiger partial charge in [0.15, 0.2) is 0 Å². The summed E-state index contributed by atoms with van der Waals surface area (Å²) < 4.78 is 0. The topological polar surface area (TPSA) is 49.4 Å². The molecule has 2 aromatic carbocycles. The van der Waals surface area contributed by atoms with E-state index in [-0.39, 0.29) is 24.4 Å². The van der Waals surface area contributed by atoms with Crippen molar-refractivity contribution >= 4 is 35.0 Å². The second-order valence-electron chi connectivity index (χ2n) is 7.77. The van der Waals surface area contributed by atoms with Crippen LogP contribution >= 0.6 is 23.2 Å². The van der Waals surface area contributed by atoms with E-state index in [2.05, 4.69) is 36.5 Å². The number of amides is 2. The predicted molar refractivity (Wildman–Crippen MR) is 124 cm³/mol. The Morgan fingerprint density at radius 2 is 1.63 bits per heavy atom. The molecule has 0 heterocycles. The Kier molecular flexibility index (Phi) is 9.19. The molecule has 0 fully saturated rings. The van der Waals surface area contributed by atoms with Crippen molar-refractivity contribution in [3.8, 4) is 0 Å². The van der Waals surface area contributed by atoms with E-state index in [1.807, 2.05) is 13.8 Å². The second-order valence-corrected chi connectivity index (χ2v) is 8.61. The van der Waals surface area contributed by atoms with Crippen LogP contribution in [0, 0.1) is 0 Å². The molecule has 0 spiro atoms. The van der Waals surface area contributed by atoms with Crippen LogP contribution in [0.15, 0.2) is 42.5 Å². The van der Waals surface area contributed by atoms with E-state index >= 15 is 0 Å². The molecule has 1 atom stereocenters. The van der Waals surface area contributed by atoms with Crippen molar-refractivity contribution < 1.29 is 9.59 Å². The highest BCUT2D eigenvalue weighted by Gasteiger charge is 2.26. The van der Waals surface area contributed by atoms with Gasteiger partial charge in [0.25, 0.3) is 0 Å². The van der Waals surface area contributed by atoms with Crippen molar-refractivity contribution in [2.75, 3.05) is 0 Å². The molecule has 0 bridgehead atoms. The minimum absolute atomic E-state index is 0.00639. The third-order valence-corrected chi connectivity index (χ3v) is 5.60. The van der Waals surface area contributed by atoms with Crippen LogP contribution in [-0.4, -0.2) is 28.8 Å². The average molecular weight is 449 g/mol. The van der Waals surface area contributed by atoms with Crippen LogP contribution in [-0.2, 0) is 29.0 Å². The first-order valence-electron chi connectivity index (χ1n) is 10.3. The highest BCUT2D eigenvalue weighted by Crippen LogP contribution is 2.23. The smallest absolute Gasteiger partial charge is 0.242 e. The van der Waals surface area contributed by atoms with Gasteiger partial charge in [-0.25, -0.2) is 0 Å². The van der Waals surface area contributed by atoms with Gasteiger partial charge in [-0.1, -0.05) is 60.5 Å². The first-order valence-corrected chi connectivity index (χ1v) is 11.1. The number of nitrogens with one attached hydrogen (secondary N) is 1. The van der Waals surface area contributed by atoms with Crippen LogP contribution in [0.5, 0.6) is 0 Å². The molecule has 0 saturated heterocycles. The van der Waals surface area contributed by atoms with Crippen molar-refractivity contribution in [2.24, 2.45) is 0 Å². The van der Waals surface area contributed by atoms with Gasteiger partial charge >= 0.3 is 0 Å². The van der Waals surface area contributed by atoms with Crippen molar-refractivity contribution in [3.05, 3.63) is 69.2 Å². The molecule has 4 nitrogen and oxygen atoms in total. The summed E-state index contributed by atoms with van der Waals surface area (Å²) in [5, 5.41) is 3.90. The molecule has 30 heavy (non-hydrogen) atoms. The van der Waals surface area contributed by atoms with Crippen LogP contribution in [0.3, 0.4) is 0 Å². The van der Waals surface area contributed by atoms with Gasteiger partial charge in [-0.15, -0.1) is 0 Å². The van der Waals surface area contributed by atoms with Gasteiger partial charge in [-0.2, -0.15) is 0 Å². The Bertz CT molecular complexity index is 866. The summed E-state index contributed by atoms with van der Waals surface area (Å²) in [5.41, 5.74) is 3.12. The lowest BCUT2D eigenvalue weighted by atomic mass is 10.0. The SMILES string of the molecule is CCc1ccc(CCC(=O)N(Cc2ccc(Cl)cc2Cl)[C@@H](C)C(=O)NC(C)C)cc1. The first kappa shape index (κ1) is 24.2. The number of carbonyl (C=O) groups is 2. The van der Waals surface area contributed by atoms with E-state index in [1.54, 1.807) is 30.0 Å². The van der Waals surface area contributed by atoms with E-state index in [0.717, 1.165) is 17.5 Å². The van der Waals surface area contributed by atoms with Crippen LogP contribution in [0.2, 0.25) is 10.0 Å². The maximum Gasteiger partial charge on any atom is 0.242 e. The molecule has 0 radical (unpaired) electrons. The number of halogens is 2. The van der Waals surface area contributed by atoms with E-state index < -0.39 is 6.04 Å². The van der Waals surface area contributed by atoms with Gasteiger partial charge in [0.1, 0.15) is 6.04 Å². The molecule has 2 amide bonds. The van der Waals surface area contributed by atoms with Gasteiger partial charge in [0.2, 0.25) is 11.8 Å². The van der Waals surface area contributed by atoms with Crippen LogP contribution < -0.4 is 5.32 Å². The summed E-state index contributed by atoms with van der Waals surface area (Å²) in [7, 11) is 0. The zero-order chi connectivity index (χ0) is 22.3. The summed E-state index contributed by atoms with van der Waals surface area (Å²) in [4.78, 5) is 27.3. The number of benzene rings is 2. The fourth-order valence-electron chi connectivity index (χ4n) is 3.16. The van der Waals surface area contributed by atoms with E-state index in [0.29, 0.717) is 22.9 Å². The maximum atomic E-state index is 13.1. The Morgan fingerprint density at radius 3 is 2.20 bits per heavy atom. The molecule has 0 aromatic heterocycles. The summed E-state index contributed by atoms with van der Waals surface area (Å²) in [5.74, 6) is -0.275. The molecule has 0 aliphatic rings. The molecule has 6 heteroatoms. The highest BCUT2D eigenvalue weighted by molar-refractivity contribution is 6.35. The van der Waals surface area contributed by atoms with Crippen LogP contribution in [0.4, 0.5) is 0 Å². The van der Waals surface area contributed by atoms with Crippen LogP contribution in [0.25, 0.3) is 0 Å². The van der Waals surface area contributed by atoms with Crippen molar-refractivity contribution in [1.29, 1.82) is 0 Å². The third kappa shape index (κ3) is 7.03. The molecule has 0 aliphatic carbocycles. The fraction of sp³-hybridized carbons (Fsp3) is 0.417. The highest BCUT2D eigenvalue weighted by atomic mass is 35.5. The normalized spacial score (nSPS) is 12.0. The monoisotopic (exact) mass is 448 g/mol. The average Bonchev–Trinajstić information content (AvgIpc) is 2.71. The molecule has 0 aliphatic heterocycles. The van der Waals surface area contributed by atoms with Gasteiger partial charge in [0, 0.05) is 29.1 Å².